The van der Waals surface area contributed by atoms with Crippen molar-refractivity contribution in [1.82, 2.24) is 25.2 Å². The largest absolute Gasteiger partial charge is 0.325 e. The summed E-state index contributed by atoms with van der Waals surface area (Å²) in [5.41, 5.74) is 0.988. The van der Waals surface area contributed by atoms with Gasteiger partial charge in [-0.15, -0.1) is 5.10 Å². The average Bonchev–Trinajstić information content (AvgIpc) is 3.16. The van der Waals surface area contributed by atoms with Crippen molar-refractivity contribution in [3.63, 3.8) is 0 Å². The lowest BCUT2D eigenvalue weighted by Crippen LogP contribution is -2.49. The highest BCUT2D eigenvalue weighted by Gasteiger charge is 2.51. The molecule has 2 aliphatic heterocycles. The molecule has 1 spiro atoms. The molecule has 136 valence electrons. The van der Waals surface area contributed by atoms with Crippen LogP contribution in [-0.2, 0) is 17.9 Å². The maximum Gasteiger partial charge on any atom is 0.325 e. The minimum atomic E-state index is -0.713. The monoisotopic (exact) mass is 435 g/mol. The zero-order valence-electron chi connectivity index (χ0n) is 14.0. The van der Waals surface area contributed by atoms with Gasteiger partial charge in [-0.25, -0.2) is 9.48 Å². The van der Waals surface area contributed by atoms with E-state index in [9.17, 15) is 9.59 Å². The number of hydrogen-bond donors (Lipinski definition) is 1. The first-order valence-corrected chi connectivity index (χ1v) is 10.4. The number of urea groups is 1. The molecule has 3 amide bonds. The molecule has 26 heavy (non-hydrogen) atoms. The lowest BCUT2D eigenvalue weighted by atomic mass is 9.92. The van der Waals surface area contributed by atoms with Crippen molar-refractivity contribution in [2.45, 2.75) is 31.5 Å². The Hall–Kier alpha value is -1.87. The van der Waals surface area contributed by atoms with Crippen molar-refractivity contribution in [2.24, 2.45) is 0 Å². The van der Waals surface area contributed by atoms with Crippen molar-refractivity contribution in [3.8, 4) is 0 Å². The molecule has 1 N–H and O–H groups in total. The van der Waals surface area contributed by atoms with Gasteiger partial charge in [-0.05, 0) is 42.0 Å². The van der Waals surface area contributed by atoms with Gasteiger partial charge in [0.2, 0.25) is 0 Å². The number of imide groups is 1. The van der Waals surface area contributed by atoms with Gasteiger partial charge in [0, 0.05) is 4.47 Å². The Kier molecular flexibility index (Phi) is 4.74. The Bertz CT molecular complexity index is 832. The van der Waals surface area contributed by atoms with E-state index in [1.807, 2.05) is 36.0 Å². The molecule has 9 heteroatoms. The number of nitrogens with one attached hydrogen (secondary N) is 1. The summed E-state index contributed by atoms with van der Waals surface area (Å²) in [5, 5.41) is 11.1. The van der Waals surface area contributed by atoms with E-state index in [1.54, 1.807) is 10.9 Å². The second-order valence-corrected chi connectivity index (χ2v) is 8.69. The normalized spacial score (nSPS) is 19.2. The molecule has 1 aromatic carbocycles. The molecule has 1 aromatic heterocycles. The highest BCUT2D eigenvalue weighted by Crippen LogP contribution is 2.33. The molecule has 0 saturated carbocycles. The smallest absolute Gasteiger partial charge is 0.323 e. The Morgan fingerprint density at radius 2 is 1.88 bits per heavy atom. The standard InChI is InChI=1S/C17H18BrN5O2S/c18-13-3-1-12(2-4-13)9-22-10-14(20-21-22)11-23-15(24)17(19-16(23)25)5-7-26-8-6-17/h1-4,10H,5-9,11H2,(H,19,25). The molecular weight excluding hydrogens is 418 g/mol. The Labute approximate surface area is 163 Å². The summed E-state index contributed by atoms with van der Waals surface area (Å²) >= 11 is 5.23. The Balaban J connectivity index is 1.44. The summed E-state index contributed by atoms with van der Waals surface area (Å²) in [5.74, 6) is 1.65. The molecule has 0 bridgehead atoms. The number of hydrogen-bond acceptors (Lipinski definition) is 5. The van der Waals surface area contributed by atoms with Gasteiger partial charge in [0.25, 0.3) is 5.91 Å². The maximum absolute atomic E-state index is 12.8. The molecule has 0 radical (unpaired) electrons. The predicted octanol–water partition coefficient (Wildman–Crippen LogP) is 2.41. The van der Waals surface area contributed by atoms with Gasteiger partial charge in [-0.3, -0.25) is 9.69 Å². The zero-order chi connectivity index (χ0) is 18.1. The number of amides is 3. The fraction of sp³-hybridized carbons (Fsp3) is 0.412. The van der Waals surface area contributed by atoms with Crippen molar-refractivity contribution >= 4 is 39.6 Å². The van der Waals surface area contributed by atoms with E-state index in [-0.39, 0.29) is 18.5 Å². The van der Waals surface area contributed by atoms with Crippen molar-refractivity contribution in [3.05, 3.63) is 46.2 Å². The second-order valence-electron chi connectivity index (χ2n) is 6.55. The third kappa shape index (κ3) is 3.37. The van der Waals surface area contributed by atoms with E-state index in [1.165, 1.54) is 4.90 Å². The van der Waals surface area contributed by atoms with Gasteiger partial charge in [-0.2, -0.15) is 11.8 Å². The van der Waals surface area contributed by atoms with Crippen LogP contribution in [0.25, 0.3) is 0 Å². The molecule has 2 aliphatic rings. The van der Waals surface area contributed by atoms with E-state index in [0.29, 0.717) is 25.1 Å². The topological polar surface area (TPSA) is 80.1 Å². The van der Waals surface area contributed by atoms with E-state index < -0.39 is 5.54 Å². The van der Waals surface area contributed by atoms with E-state index in [2.05, 4.69) is 31.6 Å². The number of carbonyl (C=O) groups is 2. The molecular formula is C17H18BrN5O2S. The summed E-state index contributed by atoms with van der Waals surface area (Å²) < 4.78 is 2.73. The summed E-state index contributed by atoms with van der Waals surface area (Å²) in [4.78, 5) is 26.4. The number of nitrogens with zero attached hydrogens (tertiary/aromatic N) is 4. The fourth-order valence-electron chi connectivity index (χ4n) is 3.31. The third-order valence-corrected chi connectivity index (χ3v) is 6.27. The molecule has 2 aromatic rings. The number of carbonyl (C=O) groups excluding carboxylic acids is 2. The predicted molar refractivity (Wildman–Crippen MR) is 102 cm³/mol. The van der Waals surface area contributed by atoms with Crippen LogP contribution < -0.4 is 5.32 Å². The fourth-order valence-corrected chi connectivity index (χ4v) is 4.76. The zero-order valence-corrected chi connectivity index (χ0v) is 16.4. The minimum absolute atomic E-state index is 0.134. The van der Waals surface area contributed by atoms with Crippen LogP contribution in [0, 0.1) is 0 Å². The SMILES string of the molecule is O=C1NC2(CCSCC2)C(=O)N1Cc1cn(Cc2ccc(Br)cc2)nn1. The van der Waals surface area contributed by atoms with Gasteiger partial charge in [0.1, 0.15) is 11.2 Å². The Morgan fingerprint density at radius 3 is 2.62 bits per heavy atom. The molecule has 2 fully saturated rings. The number of rotatable bonds is 4. The molecule has 4 rings (SSSR count). The van der Waals surface area contributed by atoms with Crippen molar-refractivity contribution < 1.29 is 9.59 Å². The highest BCUT2D eigenvalue weighted by atomic mass is 79.9. The Morgan fingerprint density at radius 1 is 1.15 bits per heavy atom. The minimum Gasteiger partial charge on any atom is -0.323 e. The molecule has 2 saturated heterocycles. The third-order valence-electron chi connectivity index (χ3n) is 4.76. The number of aromatic nitrogens is 3. The van der Waals surface area contributed by atoms with E-state index in [0.717, 1.165) is 21.5 Å². The van der Waals surface area contributed by atoms with Gasteiger partial charge in [0.05, 0.1) is 19.3 Å². The maximum atomic E-state index is 12.8. The first-order chi connectivity index (χ1) is 12.6. The van der Waals surface area contributed by atoms with E-state index >= 15 is 0 Å². The van der Waals surface area contributed by atoms with Gasteiger partial charge in [-0.1, -0.05) is 33.3 Å². The van der Waals surface area contributed by atoms with Crippen LogP contribution >= 0.6 is 27.7 Å². The van der Waals surface area contributed by atoms with Crippen LogP contribution in [0.1, 0.15) is 24.1 Å². The van der Waals surface area contributed by atoms with Crippen LogP contribution in [0.2, 0.25) is 0 Å². The second kappa shape index (κ2) is 7.03. The van der Waals surface area contributed by atoms with Gasteiger partial charge >= 0.3 is 6.03 Å². The molecule has 7 nitrogen and oxygen atoms in total. The van der Waals surface area contributed by atoms with E-state index in [4.69, 9.17) is 0 Å². The average molecular weight is 436 g/mol. The number of benzene rings is 1. The molecule has 0 aliphatic carbocycles. The van der Waals surface area contributed by atoms with Gasteiger partial charge < -0.3 is 5.32 Å². The summed E-state index contributed by atoms with van der Waals surface area (Å²) in [6.45, 7) is 0.738. The molecule has 0 atom stereocenters. The highest BCUT2D eigenvalue weighted by molar-refractivity contribution is 9.10. The quantitative estimate of drug-likeness (QED) is 0.745. The lowest BCUT2D eigenvalue weighted by molar-refractivity contribution is -0.132. The van der Waals surface area contributed by atoms with Gasteiger partial charge in [0.15, 0.2) is 0 Å². The first kappa shape index (κ1) is 17.5. The van der Waals surface area contributed by atoms with Crippen molar-refractivity contribution in [2.75, 3.05) is 11.5 Å². The summed E-state index contributed by atoms with van der Waals surface area (Å²) in [7, 11) is 0. The van der Waals surface area contributed by atoms with Crippen molar-refractivity contribution in [1.29, 1.82) is 0 Å². The molecule has 3 heterocycles. The number of halogens is 1. The summed E-state index contributed by atoms with van der Waals surface area (Å²) in [6.07, 6.45) is 3.16. The van der Waals surface area contributed by atoms with Crippen LogP contribution in [0.5, 0.6) is 0 Å². The summed E-state index contributed by atoms with van der Waals surface area (Å²) in [6, 6.07) is 7.64. The lowest BCUT2D eigenvalue weighted by Gasteiger charge is -2.30. The van der Waals surface area contributed by atoms with Crippen LogP contribution in [-0.4, -0.2) is 48.9 Å². The first-order valence-electron chi connectivity index (χ1n) is 8.41. The molecule has 0 unspecified atom stereocenters. The number of thioether (sulfide) groups is 1. The van der Waals surface area contributed by atoms with Crippen LogP contribution in [0.4, 0.5) is 4.79 Å². The van der Waals surface area contributed by atoms with Crippen LogP contribution in [0.15, 0.2) is 34.9 Å². The van der Waals surface area contributed by atoms with Crippen LogP contribution in [0.3, 0.4) is 0 Å².